The maximum absolute atomic E-state index is 13.1. The summed E-state index contributed by atoms with van der Waals surface area (Å²) in [7, 11) is 0. The molecule has 23 heavy (non-hydrogen) atoms. The zero-order valence-corrected chi connectivity index (χ0v) is 13.8. The lowest BCUT2D eigenvalue weighted by molar-refractivity contribution is -0.125. The molecule has 0 saturated carbocycles. The molecule has 0 radical (unpaired) electrons. The smallest absolute Gasteiger partial charge is 0.226 e. The van der Waals surface area contributed by atoms with Crippen molar-refractivity contribution in [2.75, 3.05) is 6.54 Å². The molecule has 2 heterocycles. The molecule has 0 spiro atoms. The summed E-state index contributed by atoms with van der Waals surface area (Å²) in [6, 6.07) is 10.3. The van der Waals surface area contributed by atoms with Gasteiger partial charge in [-0.3, -0.25) is 10.2 Å². The Morgan fingerprint density at radius 3 is 2.70 bits per heavy atom. The van der Waals surface area contributed by atoms with Crippen molar-refractivity contribution in [3.63, 3.8) is 0 Å². The quantitative estimate of drug-likeness (QED) is 0.788. The van der Waals surface area contributed by atoms with Crippen molar-refractivity contribution in [2.45, 2.75) is 25.9 Å². The molecule has 2 aromatic rings. The van der Waals surface area contributed by atoms with E-state index in [4.69, 9.17) is 0 Å². The molecule has 1 aliphatic rings. The van der Waals surface area contributed by atoms with Crippen LogP contribution in [0.3, 0.4) is 0 Å². The Kier molecular flexibility index (Phi) is 5.05. The van der Waals surface area contributed by atoms with Gasteiger partial charge < -0.3 is 5.32 Å². The van der Waals surface area contributed by atoms with Crippen molar-refractivity contribution < 1.29 is 9.18 Å². The third kappa shape index (κ3) is 3.77. The van der Waals surface area contributed by atoms with E-state index in [-0.39, 0.29) is 23.7 Å². The van der Waals surface area contributed by atoms with Gasteiger partial charge in [-0.2, -0.15) is 0 Å². The standard InChI is InChI=1S/C17H20FN3OS/c1-2-13-7-8-14(23-13)9-19-17(22)15-10-20-21-16(15)11-3-5-12(18)6-4-11/h3-8,15-16,20-21H,2,9-10H2,1H3,(H,19,22). The summed E-state index contributed by atoms with van der Waals surface area (Å²) in [6.07, 6.45) is 1.02. The second-order valence-corrected chi connectivity index (χ2v) is 6.85. The number of hydrazine groups is 1. The first-order chi connectivity index (χ1) is 11.2. The lowest BCUT2D eigenvalue weighted by Crippen LogP contribution is -2.34. The number of aryl methyl sites for hydroxylation is 1. The van der Waals surface area contributed by atoms with Crippen LogP contribution in [0.1, 0.15) is 28.3 Å². The average Bonchev–Trinajstić information content (AvgIpc) is 3.22. The summed E-state index contributed by atoms with van der Waals surface area (Å²) in [4.78, 5) is 15.0. The Labute approximate surface area is 139 Å². The van der Waals surface area contributed by atoms with E-state index in [0.29, 0.717) is 13.1 Å². The fourth-order valence-electron chi connectivity index (χ4n) is 2.74. The molecule has 4 nitrogen and oxygen atoms in total. The minimum atomic E-state index is -0.273. The van der Waals surface area contributed by atoms with Gasteiger partial charge in [-0.15, -0.1) is 11.3 Å². The average molecular weight is 333 g/mol. The van der Waals surface area contributed by atoms with E-state index in [1.54, 1.807) is 23.5 Å². The zero-order chi connectivity index (χ0) is 16.2. The van der Waals surface area contributed by atoms with E-state index in [2.05, 4.69) is 35.2 Å². The number of amides is 1. The van der Waals surface area contributed by atoms with Gasteiger partial charge in [-0.05, 0) is 36.2 Å². The molecule has 3 N–H and O–H groups in total. The molecule has 122 valence electrons. The molecule has 1 fully saturated rings. The molecule has 0 aliphatic carbocycles. The second-order valence-electron chi connectivity index (χ2n) is 5.60. The lowest BCUT2D eigenvalue weighted by atomic mass is 9.94. The van der Waals surface area contributed by atoms with Crippen LogP contribution in [0.15, 0.2) is 36.4 Å². The van der Waals surface area contributed by atoms with Crippen LogP contribution in [0.25, 0.3) is 0 Å². The van der Waals surface area contributed by atoms with E-state index in [0.717, 1.165) is 16.9 Å². The second kappa shape index (κ2) is 7.21. The van der Waals surface area contributed by atoms with Crippen molar-refractivity contribution >= 4 is 17.2 Å². The molecule has 2 unspecified atom stereocenters. The Morgan fingerprint density at radius 2 is 2.00 bits per heavy atom. The van der Waals surface area contributed by atoms with Crippen LogP contribution in [0.2, 0.25) is 0 Å². The Balaban J connectivity index is 1.62. The fraction of sp³-hybridized carbons (Fsp3) is 0.353. The molecule has 2 atom stereocenters. The number of hydrogen-bond acceptors (Lipinski definition) is 4. The van der Waals surface area contributed by atoms with Crippen LogP contribution in [0.5, 0.6) is 0 Å². The minimum absolute atomic E-state index is 0.00303. The number of nitrogens with one attached hydrogen (secondary N) is 3. The Hall–Kier alpha value is -1.76. The van der Waals surface area contributed by atoms with Crippen molar-refractivity contribution in [3.05, 3.63) is 57.5 Å². The van der Waals surface area contributed by atoms with E-state index in [9.17, 15) is 9.18 Å². The maximum atomic E-state index is 13.1. The maximum Gasteiger partial charge on any atom is 0.226 e. The molecule has 3 rings (SSSR count). The van der Waals surface area contributed by atoms with Crippen molar-refractivity contribution in [1.29, 1.82) is 0 Å². The van der Waals surface area contributed by atoms with Crippen LogP contribution >= 0.6 is 11.3 Å². The number of hydrogen-bond donors (Lipinski definition) is 3. The van der Waals surface area contributed by atoms with Gasteiger partial charge >= 0.3 is 0 Å². The highest BCUT2D eigenvalue weighted by Gasteiger charge is 2.33. The molecule has 6 heteroatoms. The molecule has 1 aliphatic heterocycles. The summed E-state index contributed by atoms with van der Waals surface area (Å²) in [6.45, 7) is 3.23. The molecular weight excluding hydrogens is 313 g/mol. The number of benzene rings is 1. The largest absolute Gasteiger partial charge is 0.351 e. The number of halogens is 1. The number of rotatable bonds is 5. The van der Waals surface area contributed by atoms with Gasteiger partial charge in [-0.25, -0.2) is 9.82 Å². The summed E-state index contributed by atoms with van der Waals surface area (Å²) < 4.78 is 13.1. The van der Waals surface area contributed by atoms with Gasteiger partial charge in [0.05, 0.1) is 18.5 Å². The van der Waals surface area contributed by atoms with E-state index < -0.39 is 0 Å². The van der Waals surface area contributed by atoms with E-state index in [1.165, 1.54) is 17.0 Å². The predicted molar refractivity (Wildman–Crippen MR) is 89.3 cm³/mol. The van der Waals surface area contributed by atoms with Crippen LogP contribution in [0.4, 0.5) is 4.39 Å². The Bertz CT molecular complexity index is 671. The van der Waals surface area contributed by atoms with Crippen molar-refractivity contribution in [2.24, 2.45) is 5.92 Å². The molecule has 1 saturated heterocycles. The summed E-state index contributed by atoms with van der Waals surface area (Å²) in [5, 5.41) is 3.01. The van der Waals surface area contributed by atoms with Gasteiger partial charge in [0.1, 0.15) is 5.82 Å². The van der Waals surface area contributed by atoms with Crippen LogP contribution in [0, 0.1) is 11.7 Å². The summed E-state index contributed by atoms with van der Waals surface area (Å²) >= 11 is 1.73. The first-order valence-electron chi connectivity index (χ1n) is 7.76. The molecular formula is C17H20FN3OS. The van der Waals surface area contributed by atoms with Gasteiger partial charge in [0, 0.05) is 16.3 Å². The van der Waals surface area contributed by atoms with Crippen LogP contribution in [-0.2, 0) is 17.8 Å². The number of carbonyl (C=O) groups excluding carboxylic acids is 1. The third-order valence-corrected chi connectivity index (χ3v) is 5.28. The molecule has 1 aromatic carbocycles. The van der Waals surface area contributed by atoms with Crippen molar-refractivity contribution in [3.8, 4) is 0 Å². The monoisotopic (exact) mass is 333 g/mol. The van der Waals surface area contributed by atoms with Crippen LogP contribution in [-0.4, -0.2) is 12.5 Å². The SMILES string of the molecule is CCc1ccc(CNC(=O)C2CNNC2c2ccc(F)cc2)s1. The van der Waals surface area contributed by atoms with Gasteiger partial charge in [-0.1, -0.05) is 19.1 Å². The van der Waals surface area contributed by atoms with Crippen LogP contribution < -0.4 is 16.2 Å². The van der Waals surface area contributed by atoms with Gasteiger partial charge in [0.15, 0.2) is 0 Å². The lowest BCUT2D eigenvalue weighted by Gasteiger charge is -2.18. The van der Waals surface area contributed by atoms with Gasteiger partial charge in [0.2, 0.25) is 5.91 Å². The minimum Gasteiger partial charge on any atom is -0.351 e. The zero-order valence-electron chi connectivity index (χ0n) is 12.9. The highest BCUT2D eigenvalue weighted by molar-refractivity contribution is 7.11. The van der Waals surface area contributed by atoms with Gasteiger partial charge in [0.25, 0.3) is 0 Å². The first-order valence-corrected chi connectivity index (χ1v) is 8.58. The highest BCUT2D eigenvalue weighted by Crippen LogP contribution is 2.25. The van der Waals surface area contributed by atoms with E-state index >= 15 is 0 Å². The number of thiophene rings is 1. The third-order valence-electron chi connectivity index (χ3n) is 4.05. The highest BCUT2D eigenvalue weighted by atomic mass is 32.1. The summed E-state index contributed by atoms with van der Waals surface area (Å²) in [5.74, 6) is -0.487. The predicted octanol–water partition coefficient (Wildman–Crippen LogP) is 2.53. The summed E-state index contributed by atoms with van der Waals surface area (Å²) in [5.41, 5.74) is 7.03. The fourth-order valence-corrected chi connectivity index (χ4v) is 3.64. The van der Waals surface area contributed by atoms with Crippen molar-refractivity contribution in [1.82, 2.24) is 16.2 Å². The van der Waals surface area contributed by atoms with E-state index in [1.807, 2.05) is 0 Å². The molecule has 1 amide bonds. The molecule has 1 aromatic heterocycles. The first kappa shape index (κ1) is 16.1. The normalized spacial score (nSPS) is 20.6. The topological polar surface area (TPSA) is 53.2 Å². The Morgan fingerprint density at radius 1 is 1.26 bits per heavy atom. The molecule has 0 bridgehead atoms. The number of carbonyl (C=O) groups is 1.